The highest BCUT2D eigenvalue weighted by Gasteiger charge is 2.73. The van der Waals surface area contributed by atoms with Crippen LogP contribution in [0.5, 0.6) is 0 Å². The minimum atomic E-state index is -0.634. The summed E-state index contributed by atoms with van der Waals surface area (Å²) in [5, 5.41) is 24.4. The molecule has 1 aromatic heterocycles. The van der Waals surface area contributed by atoms with E-state index in [0.717, 1.165) is 64.6 Å². The van der Waals surface area contributed by atoms with Crippen molar-refractivity contribution in [3.63, 3.8) is 0 Å². The van der Waals surface area contributed by atoms with Gasteiger partial charge in [0.15, 0.2) is 0 Å². The van der Waals surface area contributed by atoms with Gasteiger partial charge in [-0.1, -0.05) is 65.2 Å². The summed E-state index contributed by atoms with van der Waals surface area (Å²) in [6.45, 7) is 19.5. The molecule has 280 valence electrons. The Balaban J connectivity index is 1.37. The van der Waals surface area contributed by atoms with Crippen LogP contribution in [0.2, 0.25) is 0 Å². The zero-order chi connectivity index (χ0) is 36.1. The number of carboxylic acids is 1. The van der Waals surface area contributed by atoms with Crippen molar-refractivity contribution >= 4 is 11.9 Å². The third-order valence-corrected chi connectivity index (χ3v) is 16.7. The van der Waals surface area contributed by atoms with Gasteiger partial charge >= 0.3 is 5.97 Å². The number of nitrogens with zero attached hydrogens (tertiary/aromatic N) is 5. The Morgan fingerprint density at radius 2 is 1.78 bits per heavy atom. The predicted molar refractivity (Wildman–Crippen MR) is 191 cm³/mol. The highest BCUT2D eigenvalue weighted by atomic mass is 16.5. The van der Waals surface area contributed by atoms with Gasteiger partial charge in [-0.05, 0) is 116 Å². The molecule has 2 bridgehead atoms. The Kier molecular flexibility index (Phi) is 8.88. The number of nitrogen functional groups attached to an aromatic ring is 1. The van der Waals surface area contributed by atoms with Crippen LogP contribution >= 0.6 is 0 Å². The second-order valence-electron chi connectivity index (χ2n) is 19.1. The van der Waals surface area contributed by atoms with Crippen LogP contribution in [0.25, 0.3) is 0 Å². The van der Waals surface area contributed by atoms with Gasteiger partial charge in [-0.25, -0.2) is 0 Å². The smallest absolute Gasteiger partial charge is 0.307 e. The van der Waals surface area contributed by atoms with Crippen molar-refractivity contribution in [3.05, 3.63) is 11.6 Å². The molecule has 7 rings (SSSR count). The van der Waals surface area contributed by atoms with Crippen LogP contribution in [0, 0.1) is 56.7 Å². The van der Waals surface area contributed by atoms with Gasteiger partial charge in [0, 0.05) is 24.2 Å². The second-order valence-corrected chi connectivity index (χ2v) is 19.1. The minimum absolute atomic E-state index is 0.113. The van der Waals surface area contributed by atoms with Gasteiger partial charge in [-0.2, -0.15) is 4.80 Å². The molecule has 50 heavy (non-hydrogen) atoms. The number of allylic oxidation sites excluding steroid dienone is 1. The van der Waals surface area contributed by atoms with Crippen LogP contribution in [-0.2, 0) is 19.0 Å². The number of ether oxygens (including phenoxy) is 3. The Labute approximate surface area is 299 Å². The average molecular weight is 697 g/mol. The maximum Gasteiger partial charge on any atom is 0.307 e. The number of anilines is 1. The molecular formula is C39H64N6O5. The van der Waals surface area contributed by atoms with Crippen LogP contribution in [0.4, 0.5) is 5.95 Å². The fourth-order valence-electron chi connectivity index (χ4n) is 13.2. The number of hydrogen-bond donors (Lipinski definition) is 2. The van der Waals surface area contributed by atoms with Crippen LogP contribution in [-0.4, -0.2) is 95.0 Å². The Morgan fingerprint density at radius 3 is 2.40 bits per heavy atom. The Hall–Kier alpha value is -2.08. The number of nitrogens with two attached hydrogens (primary N) is 1. The molecule has 3 heterocycles. The van der Waals surface area contributed by atoms with Crippen molar-refractivity contribution in [2.45, 2.75) is 118 Å². The molecule has 0 unspecified atom stereocenters. The molecular weight excluding hydrogens is 632 g/mol. The molecule has 2 aliphatic heterocycles. The van der Waals surface area contributed by atoms with Gasteiger partial charge in [0.25, 0.3) is 5.95 Å². The third-order valence-electron chi connectivity index (χ3n) is 16.7. The fourth-order valence-corrected chi connectivity index (χ4v) is 13.2. The molecule has 5 fully saturated rings. The van der Waals surface area contributed by atoms with Gasteiger partial charge < -0.3 is 30.0 Å². The molecule has 0 spiro atoms. The van der Waals surface area contributed by atoms with Crippen molar-refractivity contribution in [2.75, 3.05) is 52.9 Å². The SMILES string of the molecule is CC(C)[C@@H](C)[C@@]1(C)CC[C@]2(C)[C@H]3CC[C@@H]4[C@@]5(C)COC[C@@]4(C3=CC[C@@]2(C)[C@@H]1C(=O)O)[C@@H](OCC1(N(C)C)CCOCC1)[C@H](n1nnc(N)n1)C5. The van der Waals surface area contributed by atoms with Crippen molar-refractivity contribution in [3.8, 4) is 0 Å². The summed E-state index contributed by atoms with van der Waals surface area (Å²) in [4.78, 5) is 17.6. The Bertz CT molecular complexity index is 1490. The van der Waals surface area contributed by atoms with E-state index in [1.54, 1.807) is 4.80 Å². The van der Waals surface area contributed by atoms with E-state index in [-0.39, 0.29) is 45.8 Å². The summed E-state index contributed by atoms with van der Waals surface area (Å²) in [6.07, 6.45) is 9.66. The molecule has 0 radical (unpaired) electrons. The van der Waals surface area contributed by atoms with E-state index in [4.69, 9.17) is 19.9 Å². The van der Waals surface area contributed by atoms with Crippen LogP contribution < -0.4 is 5.73 Å². The highest BCUT2D eigenvalue weighted by Crippen LogP contribution is 2.75. The molecule has 1 aromatic rings. The average Bonchev–Trinajstić information content (AvgIpc) is 3.50. The number of rotatable bonds is 8. The molecule has 3 N–H and O–H groups in total. The topological polar surface area (TPSA) is 138 Å². The van der Waals surface area contributed by atoms with E-state index >= 15 is 0 Å². The third kappa shape index (κ3) is 4.94. The first-order valence-electron chi connectivity index (χ1n) is 19.4. The maximum absolute atomic E-state index is 13.6. The lowest BCUT2D eigenvalue weighted by Gasteiger charge is -2.71. The van der Waals surface area contributed by atoms with Gasteiger partial charge in [0.05, 0.1) is 31.8 Å². The van der Waals surface area contributed by atoms with E-state index in [0.29, 0.717) is 37.6 Å². The number of fused-ring (bicyclic) bond motifs is 3. The highest BCUT2D eigenvalue weighted by molar-refractivity contribution is 5.73. The standard InChI is InChI=1S/C39H64N6O5/c1-24(2)25(3)35(5)14-15-36(6)26-10-11-29-34(4)20-28(45-42-33(40)41-43-45)31(50-22-38(44(8)9)16-18-48-19-17-38)39(29,23-49-21-34)27(26)12-13-37(36,7)30(35)32(46)47/h12,24-26,28-31H,10-11,13-23H2,1-9H3,(H2,40,42)(H,46,47)/t25-,26+,28-,29-,30-,31+,34-,35-,36-,37+,39+/m1/s1. The first kappa shape index (κ1) is 36.3. The predicted octanol–water partition coefficient (Wildman–Crippen LogP) is 5.88. The summed E-state index contributed by atoms with van der Waals surface area (Å²) >= 11 is 0. The van der Waals surface area contributed by atoms with E-state index in [1.165, 1.54) is 5.57 Å². The quantitative estimate of drug-likeness (QED) is 0.317. The minimum Gasteiger partial charge on any atom is -0.481 e. The fraction of sp³-hybridized carbons (Fsp3) is 0.897. The number of likely N-dealkylation sites (N-methyl/N-ethyl adjacent to an activating group) is 1. The first-order chi connectivity index (χ1) is 23.5. The van der Waals surface area contributed by atoms with Crippen molar-refractivity contribution in [1.82, 2.24) is 25.1 Å². The first-order valence-corrected chi connectivity index (χ1v) is 19.4. The normalized spacial score (nSPS) is 44.5. The molecule has 11 nitrogen and oxygen atoms in total. The number of hydrogen-bond acceptors (Lipinski definition) is 9. The zero-order valence-electron chi connectivity index (χ0n) is 32.2. The molecule has 2 saturated heterocycles. The summed E-state index contributed by atoms with van der Waals surface area (Å²) in [6, 6.07) is -0.168. The van der Waals surface area contributed by atoms with Crippen LogP contribution in [0.3, 0.4) is 0 Å². The van der Waals surface area contributed by atoms with Crippen LogP contribution in [0.15, 0.2) is 11.6 Å². The molecule has 11 atom stereocenters. The molecule has 11 heteroatoms. The monoisotopic (exact) mass is 696 g/mol. The van der Waals surface area contributed by atoms with Crippen molar-refractivity contribution in [1.29, 1.82) is 0 Å². The summed E-state index contributed by atoms with van der Waals surface area (Å²) in [5.74, 6) is 0.398. The molecule has 0 amide bonds. The van der Waals surface area contributed by atoms with E-state index in [1.807, 2.05) is 0 Å². The summed E-state index contributed by atoms with van der Waals surface area (Å²) < 4.78 is 20.0. The molecule has 3 saturated carbocycles. The molecule has 6 aliphatic rings. The summed E-state index contributed by atoms with van der Waals surface area (Å²) in [7, 11) is 4.32. The lowest BCUT2D eigenvalue weighted by molar-refractivity contribution is -0.258. The molecule has 4 aliphatic carbocycles. The van der Waals surface area contributed by atoms with Gasteiger partial charge in [-0.3, -0.25) is 4.79 Å². The largest absolute Gasteiger partial charge is 0.481 e. The number of carbonyl (C=O) groups is 1. The number of carboxylic acid groups (broad SMARTS) is 1. The zero-order valence-corrected chi connectivity index (χ0v) is 32.2. The van der Waals surface area contributed by atoms with Crippen LogP contribution in [0.1, 0.15) is 106 Å². The Morgan fingerprint density at radius 1 is 1.06 bits per heavy atom. The van der Waals surface area contributed by atoms with Gasteiger partial charge in [-0.15, -0.1) is 5.10 Å². The summed E-state index contributed by atoms with van der Waals surface area (Å²) in [5.41, 5.74) is 6.03. The number of aliphatic carboxylic acids is 1. The van der Waals surface area contributed by atoms with E-state index in [2.05, 4.69) is 88.9 Å². The lowest BCUT2D eigenvalue weighted by atomic mass is 9.34. The van der Waals surface area contributed by atoms with Gasteiger partial charge in [0.1, 0.15) is 6.04 Å². The molecule has 0 aromatic carbocycles. The number of tetrazole rings is 1. The lowest BCUT2D eigenvalue weighted by Crippen LogP contribution is -2.70. The van der Waals surface area contributed by atoms with Gasteiger partial charge in [0.2, 0.25) is 0 Å². The van der Waals surface area contributed by atoms with E-state index < -0.39 is 22.7 Å². The second kappa shape index (κ2) is 12.2. The van der Waals surface area contributed by atoms with E-state index in [9.17, 15) is 9.90 Å². The van der Waals surface area contributed by atoms with Crippen molar-refractivity contribution in [2.24, 2.45) is 56.7 Å². The number of aromatic nitrogens is 4. The maximum atomic E-state index is 13.6. The van der Waals surface area contributed by atoms with Crippen molar-refractivity contribution < 1.29 is 24.1 Å².